The molecule has 1 aliphatic heterocycles. The van der Waals surface area contributed by atoms with E-state index in [1.165, 1.54) is 6.08 Å². The molecule has 1 aromatic carbocycles. The van der Waals surface area contributed by atoms with E-state index >= 15 is 0 Å². The van der Waals surface area contributed by atoms with Crippen molar-refractivity contribution in [1.82, 2.24) is 0 Å². The van der Waals surface area contributed by atoms with E-state index in [4.69, 9.17) is 0 Å². The largest absolute Gasteiger partial charge is 0.315 e. The second kappa shape index (κ2) is 3.67. The van der Waals surface area contributed by atoms with Crippen molar-refractivity contribution in [2.75, 3.05) is 11.9 Å². The number of carbonyl (C=O) groups is 1. The molecule has 0 aromatic heterocycles. The fourth-order valence-electron chi connectivity index (χ4n) is 1.87. The summed E-state index contributed by atoms with van der Waals surface area (Å²) in [4.78, 5) is 26.7. The van der Waals surface area contributed by atoms with E-state index in [0.29, 0.717) is 6.42 Å². The zero-order valence-electron chi connectivity index (χ0n) is 8.36. The van der Waals surface area contributed by atoms with Gasteiger partial charge in [0.25, 0.3) is 0 Å². The minimum atomic E-state index is 0.0764. The molecule has 15 heavy (non-hydrogen) atoms. The molecule has 4 nitrogen and oxygen atoms in total. The molecular weight excluding hydrogens is 192 g/mol. The summed E-state index contributed by atoms with van der Waals surface area (Å²) in [6.45, 7) is 0.282. The van der Waals surface area contributed by atoms with Crippen LogP contribution in [0, 0.1) is 0 Å². The number of fused-ring (bicyclic) bond motifs is 1. The highest BCUT2D eigenvalue weighted by Crippen LogP contribution is 2.31. The number of hydrogen-bond acceptors (Lipinski definition) is 3. The molecule has 0 N–H and O–H groups in total. The summed E-state index contributed by atoms with van der Waals surface area (Å²) < 4.78 is 0. The van der Waals surface area contributed by atoms with E-state index in [1.54, 1.807) is 11.9 Å². The second-order valence-electron chi connectivity index (χ2n) is 3.46. The summed E-state index contributed by atoms with van der Waals surface area (Å²) in [7, 11) is 1.74. The highest BCUT2D eigenvalue weighted by Gasteiger charge is 2.25. The van der Waals surface area contributed by atoms with Crippen LogP contribution >= 0.6 is 0 Å². The fourth-order valence-corrected chi connectivity index (χ4v) is 1.87. The standard InChI is InChI=1S/C11H10N2O2/c1-13-10(15)5-8-3-2-4-9(11(8)13)6-12-7-14/h2-4H,5-6H2,1H3. The molecule has 1 amide bonds. The maximum absolute atomic E-state index is 11.5. The number of likely N-dealkylation sites (N-methyl/N-ethyl adjacent to an activating group) is 1. The van der Waals surface area contributed by atoms with Gasteiger partial charge < -0.3 is 4.90 Å². The second-order valence-corrected chi connectivity index (χ2v) is 3.46. The van der Waals surface area contributed by atoms with E-state index in [1.807, 2.05) is 18.2 Å². The van der Waals surface area contributed by atoms with Crippen molar-refractivity contribution in [3.63, 3.8) is 0 Å². The van der Waals surface area contributed by atoms with Gasteiger partial charge in [-0.15, -0.1) is 0 Å². The van der Waals surface area contributed by atoms with E-state index in [2.05, 4.69) is 4.99 Å². The van der Waals surface area contributed by atoms with Crippen molar-refractivity contribution >= 4 is 17.7 Å². The van der Waals surface area contributed by atoms with Gasteiger partial charge in [0, 0.05) is 7.05 Å². The number of aliphatic imine (C=N–C) groups is 1. The summed E-state index contributed by atoms with van der Waals surface area (Å²) in [5.41, 5.74) is 2.78. The summed E-state index contributed by atoms with van der Waals surface area (Å²) >= 11 is 0. The number of nitrogens with zero attached hydrogens (tertiary/aromatic N) is 2. The van der Waals surface area contributed by atoms with E-state index in [9.17, 15) is 9.59 Å². The summed E-state index contributed by atoms with van der Waals surface area (Å²) in [6, 6.07) is 5.67. The number of anilines is 1. The Morgan fingerprint density at radius 3 is 3.07 bits per heavy atom. The molecule has 0 aliphatic carbocycles. The van der Waals surface area contributed by atoms with Gasteiger partial charge in [0.15, 0.2) is 0 Å². The van der Waals surface area contributed by atoms with Gasteiger partial charge in [0.05, 0.1) is 18.7 Å². The molecule has 1 aliphatic rings. The van der Waals surface area contributed by atoms with Gasteiger partial charge in [-0.3, -0.25) is 4.79 Å². The predicted molar refractivity (Wildman–Crippen MR) is 55.4 cm³/mol. The van der Waals surface area contributed by atoms with Crippen LogP contribution in [0.5, 0.6) is 0 Å². The third kappa shape index (κ3) is 1.55. The van der Waals surface area contributed by atoms with Crippen LogP contribution in [0.2, 0.25) is 0 Å². The van der Waals surface area contributed by atoms with E-state index < -0.39 is 0 Å². The van der Waals surface area contributed by atoms with Crippen molar-refractivity contribution in [3.8, 4) is 0 Å². The van der Waals surface area contributed by atoms with Gasteiger partial charge in [0.2, 0.25) is 12.0 Å². The first kappa shape index (κ1) is 9.62. The van der Waals surface area contributed by atoms with Gasteiger partial charge in [-0.2, -0.15) is 0 Å². The van der Waals surface area contributed by atoms with Crippen LogP contribution in [0.3, 0.4) is 0 Å². The van der Waals surface area contributed by atoms with Crippen LogP contribution in [-0.4, -0.2) is 19.0 Å². The lowest BCUT2D eigenvalue weighted by Crippen LogP contribution is -2.21. The third-order valence-electron chi connectivity index (χ3n) is 2.57. The molecule has 2 rings (SSSR count). The molecule has 4 heteroatoms. The fraction of sp³-hybridized carbons (Fsp3) is 0.273. The predicted octanol–water partition coefficient (Wildman–Crippen LogP) is 1.04. The van der Waals surface area contributed by atoms with Gasteiger partial charge in [-0.25, -0.2) is 9.79 Å². The van der Waals surface area contributed by atoms with Crippen molar-refractivity contribution < 1.29 is 9.59 Å². The molecule has 0 unspecified atom stereocenters. The van der Waals surface area contributed by atoms with E-state index in [-0.39, 0.29) is 12.5 Å². The topological polar surface area (TPSA) is 49.7 Å². The average molecular weight is 202 g/mol. The SMILES string of the molecule is CN1C(=O)Cc2cccc(CN=C=O)c21. The van der Waals surface area contributed by atoms with Crippen LogP contribution in [0.15, 0.2) is 23.2 Å². The number of benzene rings is 1. The first-order chi connectivity index (χ1) is 7.24. The van der Waals surface area contributed by atoms with Gasteiger partial charge in [-0.05, 0) is 11.1 Å². The van der Waals surface area contributed by atoms with E-state index in [0.717, 1.165) is 16.8 Å². The molecule has 0 bridgehead atoms. The van der Waals surface area contributed by atoms with Crippen molar-refractivity contribution in [1.29, 1.82) is 0 Å². The van der Waals surface area contributed by atoms with Crippen molar-refractivity contribution in [3.05, 3.63) is 29.3 Å². The Morgan fingerprint density at radius 2 is 2.33 bits per heavy atom. The first-order valence-electron chi connectivity index (χ1n) is 4.65. The lowest BCUT2D eigenvalue weighted by molar-refractivity contribution is -0.117. The smallest absolute Gasteiger partial charge is 0.235 e. The number of carbonyl (C=O) groups excluding carboxylic acids is 2. The third-order valence-corrected chi connectivity index (χ3v) is 2.57. The molecule has 1 heterocycles. The number of para-hydroxylation sites is 1. The monoisotopic (exact) mass is 202 g/mol. The molecule has 1 aromatic rings. The lowest BCUT2D eigenvalue weighted by Gasteiger charge is -2.13. The molecule has 0 saturated heterocycles. The minimum Gasteiger partial charge on any atom is -0.315 e. The normalized spacial score (nSPS) is 13.7. The van der Waals surface area contributed by atoms with Gasteiger partial charge in [0.1, 0.15) is 0 Å². The Hall–Kier alpha value is -1.93. The highest BCUT2D eigenvalue weighted by molar-refractivity contribution is 6.01. The summed E-state index contributed by atoms with van der Waals surface area (Å²) in [6.07, 6.45) is 1.94. The number of amides is 1. The maximum Gasteiger partial charge on any atom is 0.235 e. The van der Waals surface area contributed by atoms with Crippen molar-refractivity contribution in [2.24, 2.45) is 4.99 Å². The zero-order chi connectivity index (χ0) is 10.8. The highest BCUT2D eigenvalue weighted by atomic mass is 16.2. The van der Waals surface area contributed by atoms with Crippen LogP contribution in [-0.2, 0) is 22.6 Å². The summed E-state index contributed by atoms with van der Waals surface area (Å²) in [5.74, 6) is 0.0764. The Bertz CT molecular complexity index is 462. The lowest BCUT2D eigenvalue weighted by atomic mass is 10.1. The number of isocyanates is 1. The van der Waals surface area contributed by atoms with Crippen molar-refractivity contribution in [2.45, 2.75) is 13.0 Å². The molecular formula is C11H10N2O2. The van der Waals surface area contributed by atoms with Crippen LogP contribution in [0.1, 0.15) is 11.1 Å². The maximum atomic E-state index is 11.5. The Labute approximate surface area is 87.2 Å². The zero-order valence-corrected chi connectivity index (χ0v) is 8.36. The average Bonchev–Trinajstić information content (AvgIpc) is 2.53. The molecule has 0 fully saturated rings. The molecule has 0 atom stereocenters. The van der Waals surface area contributed by atoms with Gasteiger partial charge >= 0.3 is 0 Å². The quantitative estimate of drug-likeness (QED) is 0.531. The first-order valence-corrected chi connectivity index (χ1v) is 4.65. The Balaban J connectivity index is 2.46. The molecule has 76 valence electrons. The van der Waals surface area contributed by atoms with Crippen LogP contribution < -0.4 is 4.90 Å². The molecule has 0 saturated carbocycles. The van der Waals surface area contributed by atoms with Gasteiger partial charge in [-0.1, -0.05) is 18.2 Å². The van der Waals surface area contributed by atoms with Crippen LogP contribution in [0.4, 0.5) is 5.69 Å². The number of hydrogen-bond donors (Lipinski definition) is 0. The Kier molecular flexibility index (Phi) is 2.35. The minimum absolute atomic E-state index is 0.0764. The Morgan fingerprint density at radius 1 is 1.53 bits per heavy atom. The molecule has 0 spiro atoms. The number of rotatable bonds is 2. The van der Waals surface area contributed by atoms with Crippen LogP contribution in [0.25, 0.3) is 0 Å². The summed E-state index contributed by atoms with van der Waals surface area (Å²) in [5, 5.41) is 0. The molecule has 0 radical (unpaired) electrons.